The number of carbonyl (C=O) groups is 2. The molecule has 1 aliphatic heterocycles. The summed E-state index contributed by atoms with van der Waals surface area (Å²) in [7, 11) is 3.62. The summed E-state index contributed by atoms with van der Waals surface area (Å²) in [6, 6.07) is 10.2. The Labute approximate surface area is 132 Å². The smallest absolute Gasteiger partial charge is 0.293 e. The van der Waals surface area contributed by atoms with Crippen LogP contribution in [0.3, 0.4) is 0 Å². The van der Waals surface area contributed by atoms with E-state index >= 15 is 0 Å². The van der Waals surface area contributed by atoms with Crippen LogP contribution in [0.5, 0.6) is 0 Å². The lowest BCUT2D eigenvalue weighted by Crippen LogP contribution is -2.41. The van der Waals surface area contributed by atoms with Crippen LogP contribution < -0.4 is 5.32 Å². The first-order chi connectivity index (χ1) is 10.6. The van der Waals surface area contributed by atoms with Gasteiger partial charge in [-0.05, 0) is 24.8 Å². The average Bonchev–Trinajstić information content (AvgIpc) is 3.02. The summed E-state index contributed by atoms with van der Waals surface area (Å²) >= 11 is 0. The standard InChI is InChI=1S/C9H18N2O.C8H8O2/c1-4-7-5-6-8(10-7)9(12)11(2)3;9-7-10-6-8-4-2-1-3-5-8/h7-8,10H,4-6H2,1-3H3;1-5,7H,6H2. The van der Waals surface area contributed by atoms with E-state index in [0.717, 1.165) is 24.8 Å². The van der Waals surface area contributed by atoms with Crippen LogP contribution >= 0.6 is 0 Å². The number of amides is 1. The van der Waals surface area contributed by atoms with Crippen LogP contribution in [0.15, 0.2) is 30.3 Å². The zero-order valence-corrected chi connectivity index (χ0v) is 13.6. The molecule has 1 amide bonds. The van der Waals surface area contributed by atoms with Gasteiger partial charge in [0.2, 0.25) is 5.91 Å². The maximum absolute atomic E-state index is 11.5. The summed E-state index contributed by atoms with van der Waals surface area (Å²) in [6.45, 7) is 2.97. The lowest BCUT2D eigenvalue weighted by molar-refractivity contribution is -0.131. The van der Waals surface area contributed by atoms with Gasteiger partial charge in [0.1, 0.15) is 6.61 Å². The number of nitrogens with zero attached hydrogens (tertiary/aromatic N) is 1. The zero-order chi connectivity index (χ0) is 16.4. The SMILES string of the molecule is CCC1CCC(C(=O)N(C)C)N1.O=COCc1ccccc1. The van der Waals surface area contributed by atoms with E-state index in [9.17, 15) is 9.59 Å². The second-order valence-electron chi connectivity index (χ2n) is 5.53. The van der Waals surface area contributed by atoms with Crippen molar-refractivity contribution in [3.8, 4) is 0 Å². The normalized spacial score (nSPS) is 19.8. The number of rotatable bonds is 5. The highest BCUT2D eigenvalue weighted by atomic mass is 16.5. The van der Waals surface area contributed by atoms with E-state index < -0.39 is 0 Å². The molecule has 1 fully saturated rings. The minimum absolute atomic E-state index is 0.0740. The molecule has 2 unspecified atom stereocenters. The summed E-state index contributed by atoms with van der Waals surface area (Å²) in [5.74, 6) is 0.214. The largest absolute Gasteiger partial charge is 0.463 e. The highest BCUT2D eigenvalue weighted by molar-refractivity contribution is 5.81. The molecule has 1 N–H and O–H groups in total. The molecule has 22 heavy (non-hydrogen) atoms. The lowest BCUT2D eigenvalue weighted by Gasteiger charge is -2.17. The fourth-order valence-electron chi connectivity index (χ4n) is 2.35. The Morgan fingerprint density at radius 3 is 2.50 bits per heavy atom. The summed E-state index contributed by atoms with van der Waals surface area (Å²) in [4.78, 5) is 22.9. The van der Waals surface area contributed by atoms with Gasteiger partial charge in [-0.2, -0.15) is 0 Å². The van der Waals surface area contributed by atoms with Gasteiger partial charge in [-0.3, -0.25) is 9.59 Å². The number of hydrogen-bond donors (Lipinski definition) is 1. The van der Waals surface area contributed by atoms with Crippen molar-refractivity contribution in [1.82, 2.24) is 10.2 Å². The van der Waals surface area contributed by atoms with Crippen molar-refractivity contribution in [1.29, 1.82) is 0 Å². The van der Waals surface area contributed by atoms with Gasteiger partial charge in [0.05, 0.1) is 6.04 Å². The molecule has 1 saturated heterocycles. The minimum Gasteiger partial charge on any atom is -0.463 e. The molecule has 1 heterocycles. The fraction of sp³-hybridized carbons (Fsp3) is 0.529. The Bertz CT molecular complexity index is 448. The lowest BCUT2D eigenvalue weighted by atomic mass is 10.1. The predicted octanol–water partition coefficient (Wildman–Crippen LogP) is 1.96. The van der Waals surface area contributed by atoms with Crippen molar-refractivity contribution in [2.45, 2.75) is 44.9 Å². The number of ether oxygens (including phenoxy) is 1. The summed E-state index contributed by atoms with van der Waals surface area (Å²) < 4.78 is 4.54. The molecule has 0 aliphatic carbocycles. The molecular weight excluding hydrogens is 280 g/mol. The van der Waals surface area contributed by atoms with Crippen molar-refractivity contribution in [2.24, 2.45) is 0 Å². The molecular formula is C17H26N2O3. The molecule has 0 bridgehead atoms. The Morgan fingerprint density at radius 1 is 1.32 bits per heavy atom. The minimum atomic E-state index is 0.0740. The second kappa shape index (κ2) is 9.95. The number of carbonyl (C=O) groups excluding carboxylic acids is 2. The van der Waals surface area contributed by atoms with Crippen molar-refractivity contribution >= 4 is 12.4 Å². The van der Waals surface area contributed by atoms with E-state index in [1.54, 1.807) is 4.90 Å². The van der Waals surface area contributed by atoms with Gasteiger partial charge in [0, 0.05) is 20.1 Å². The van der Waals surface area contributed by atoms with Crippen LogP contribution in [0.25, 0.3) is 0 Å². The zero-order valence-electron chi connectivity index (χ0n) is 13.6. The Balaban J connectivity index is 0.000000224. The molecule has 0 saturated carbocycles. The first-order valence-electron chi connectivity index (χ1n) is 7.64. The number of benzene rings is 1. The summed E-state index contributed by atoms with van der Waals surface area (Å²) in [5, 5.41) is 3.33. The van der Waals surface area contributed by atoms with Crippen molar-refractivity contribution in [3.05, 3.63) is 35.9 Å². The van der Waals surface area contributed by atoms with Crippen LogP contribution in [0.4, 0.5) is 0 Å². The number of hydrogen-bond acceptors (Lipinski definition) is 4. The maximum Gasteiger partial charge on any atom is 0.293 e. The quantitative estimate of drug-likeness (QED) is 0.845. The van der Waals surface area contributed by atoms with Crippen LogP contribution in [0.1, 0.15) is 31.7 Å². The van der Waals surface area contributed by atoms with Crippen LogP contribution in [0.2, 0.25) is 0 Å². The highest BCUT2D eigenvalue weighted by Gasteiger charge is 2.28. The van der Waals surface area contributed by atoms with Gasteiger partial charge in [-0.25, -0.2) is 0 Å². The molecule has 2 atom stereocenters. The van der Waals surface area contributed by atoms with Crippen molar-refractivity contribution < 1.29 is 14.3 Å². The van der Waals surface area contributed by atoms with Crippen molar-refractivity contribution in [3.63, 3.8) is 0 Å². The van der Waals surface area contributed by atoms with E-state index in [-0.39, 0.29) is 11.9 Å². The van der Waals surface area contributed by atoms with Crippen LogP contribution in [-0.2, 0) is 20.9 Å². The first kappa shape index (κ1) is 18.2. The first-order valence-corrected chi connectivity index (χ1v) is 7.64. The number of likely N-dealkylation sites (N-methyl/N-ethyl adjacent to an activating group) is 1. The molecule has 0 radical (unpaired) electrons. The van der Waals surface area contributed by atoms with Crippen LogP contribution in [0, 0.1) is 0 Å². The third kappa shape index (κ3) is 6.26. The van der Waals surface area contributed by atoms with Gasteiger partial charge in [-0.15, -0.1) is 0 Å². The van der Waals surface area contributed by atoms with Gasteiger partial charge in [0.15, 0.2) is 0 Å². The number of nitrogens with one attached hydrogen (secondary N) is 1. The summed E-state index contributed by atoms with van der Waals surface area (Å²) in [5.41, 5.74) is 1.01. The van der Waals surface area contributed by atoms with Crippen LogP contribution in [-0.4, -0.2) is 43.5 Å². The molecule has 0 aromatic heterocycles. The Morgan fingerprint density at radius 2 is 2.00 bits per heavy atom. The van der Waals surface area contributed by atoms with Crippen molar-refractivity contribution in [2.75, 3.05) is 14.1 Å². The Hall–Kier alpha value is -1.88. The molecule has 122 valence electrons. The third-order valence-electron chi connectivity index (χ3n) is 3.63. The molecule has 1 aromatic rings. The maximum atomic E-state index is 11.5. The molecule has 1 aliphatic rings. The van der Waals surface area contributed by atoms with E-state index in [4.69, 9.17) is 0 Å². The van der Waals surface area contributed by atoms with Gasteiger partial charge in [-0.1, -0.05) is 37.3 Å². The fourth-order valence-corrected chi connectivity index (χ4v) is 2.35. The van der Waals surface area contributed by atoms with E-state index in [0.29, 0.717) is 19.1 Å². The van der Waals surface area contributed by atoms with E-state index in [2.05, 4.69) is 17.0 Å². The molecule has 5 heteroatoms. The van der Waals surface area contributed by atoms with Gasteiger partial charge in [0.25, 0.3) is 6.47 Å². The van der Waals surface area contributed by atoms with E-state index in [1.807, 2.05) is 44.4 Å². The highest BCUT2D eigenvalue weighted by Crippen LogP contribution is 2.15. The second-order valence-corrected chi connectivity index (χ2v) is 5.53. The molecule has 0 spiro atoms. The molecule has 2 rings (SSSR count). The average molecular weight is 306 g/mol. The molecule has 1 aromatic carbocycles. The predicted molar refractivity (Wildman–Crippen MR) is 86.2 cm³/mol. The monoisotopic (exact) mass is 306 g/mol. The topological polar surface area (TPSA) is 58.6 Å². The van der Waals surface area contributed by atoms with Gasteiger partial charge < -0.3 is 15.0 Å². The molecule has 5 nitrogen and oxygen atoms in total. The third-order valence-corrected chi connectivity index (χ3v) is 3.63. The van der Waals surface area contributed by atoms with Gasteiger partial charge >= 0.3 is 0 Å². The summed E-state index contributed by atoms with van der Waals surface area (Å²) in [6.07, 6.45) is 3.26. The Kier molecular flexibility index (Phi) is 8.22. The van der Waals surface area contributed by atoms with E-state index in [1.165, 1.54) is 0 Å².